The molecule has 0 N–H and O–H groups in total. The number of allylic oxidation sites excluding steroid dienone is 4. The number of rotatable bonds is 5. The lowest BCUT2D eigenvalue weighted by atomic mass is 9.84. The maximum atomic E-state index is 4.97. The zero-order chi connectivity index (χ0) is 31.2. The molecule has 0 radical (unpaired) electrons. The fraction of sp³-hybridized carbons (Fsp3) is 0.0465. The molecule has 1 atom stereocenters. The number of nitrogens with zero attached hydrogens (tertiary/aromatic N) is 3. The molecular formula is C43H29N3S. The highest BCUT2D eigenvalue weighted by atomic mass is 32.1. The predicted octanol–water partition coefficient (Wildman–Crippen LogP) is 11.5. The molecule has 0 saturated heterocycles. The number of aromatic nitrogens is 3. The molecule has 4 heteroatoms. The molecule has 9 rings (SSSR count). The summed E-state index contributed by atoms with van der Waals surface area (Å²) >= 11 is 1.88. The lowest BCUT2D eigenvalue weighted by molar-refractivity contribution is 0.867. The molecule has 0 bridgehead atoms. The molecule has 6 aromatic carbocycles. The lowest BCUT2D eigenvalue weighted by Crippen LogP contribution is -2.03. The summed E-state index contributed by atoms with van der Waals surface area (Å²) in [5.74, 6) is 2.27. The normalized spacial score (nSPS) is 14.6. The van der Waals surface area contributed by atoms with Crippen molar-refractivity contribution in [2.45, 2.75) is 12.3 Å². The van der Waals surface area contributed by atoms with Crippen molar-refractivity contribution in [1.82, 2.24) is 15.0 Å². The molecule has 1 aliphatic carbocycles. The summed E-state index contributed by atoms with van der Waals surface area (Å²) in [6.45, 7) is 0. The maximum absolute atomic E-state index is 4.97. The van der Waals surface area contributed by atoms with E-state index in [1.165, 1.54) is 47.6 Å². The zero-order valence-electron chi connectivity index (χ0n) is 25.5. The minimum Gasteiger partial charge on any atom is -0.208 e. The van der Waals surface area contributed by atoms with Gasteiger partial charge in [0.25, 0.3) is 0 Å². The van der Waals surface area contributed by atoms with Gasteiger partial charge in [0.15, 0.2) is 17.5 Å². The summed E-state index contributed by atoms with van der Waals surface area (Å²) in [5, 5.41) is 5.31. The van der Waals surface area contributed by atoms with E-state index in [2.05, 4.69) is 97.1 Å². The third-order valence-corrected chi connectivity index (χ3v) is 10.2. The molecule has 0 spiro atoms. The lowest BCUT2D eigenvalue weighted by Gasteiger charge is -2.20. The van der Waals surface area contributed by atoms with Gasteiger partial charge < -0.3 is 0 Å². The summed E-state index contributed by atoms with van der Waals surface area (Å²) in [5.41, 5.74) is 6.81. The number of benzene rings is 6. The van der Waals surface area contributed by atoms with Gasteiger partial charge in [0.2, 0.25) is 0 Å². The average Bonchev–Trinajstić information content (AvgIpc) is 3.54. The fourth-order valence-electron chi connectivity index (χ4n) is 6.71. The van der Waals surface area contributed by atoms with Gasteiger partial charge in [-0.2, -0.15) is 0 Å². The minimum atomic E-state index is 0.245. The molecule has 0 aliphatic heterocycles. The predicted molar refractivity (Wildman–Crippen MR) is 197 cm³/mol. The molecule has 2 heterocycles. The highest BCUT2D eigenvalue weighted by molar-refractivity contribution is 7.26. The van der Waals surface area contributed by atoms with Crippen LogP contribution in [-0.2, 0) is 0 Å². The van der Waals surface area contributed by atoms with Crippen LogP contribution in [0, 0.1) is 0 Å². The Morgan fingerprint density at radius 2 is 1.17 bits per heavy atom. The van der Waals surface area contributed by atoms with Gasteiger partial charge >= 0.3 is 0 Å². The van der Waals surface area contributed by atoms with Crippen LogP contribution in [0.2, 0.25) is 0 Å². The van der Waals surface area contributed by atoms with Crippen LogP contribution in [0.25, 0.3) is 70.7 Å². The van der Waals surface area contributed by atoms with E-state index in [1.54, 1.807) is 0 Å². The van der Waals surface area contributed by atoms with Gasteiger partial charge in [0.1, 0.15) is 0 Å². The van der Waals surface area contributed by atoms with Gasteiger partial charge in [-0.1, -0.05) is 133 Å². The van der Waals surface area contributed by atoms with E-state index < -0.39 is 0 Å². The van der Waals surface area contributed by atoms with Gasteiger partial charge in [0, 0.05) is 42.8 Å². The van der Waals surface area contributed by atoms with Crippen LogP contribution < -0.4 is 0 Å². The van der Waals surface area contributed by atoms with Crippen molar-refractivity contribution in [3.8, 4) is 34.2 Å². The highest BCUT2D eigenvalue weighted by Crippen LogP contribution is 2.41. The Balaban J connectivity index is 1.07. The van der Waals surface area contributed by atoms with Gasteiger partial charge in [0.05, 0.1) is 0 Å². The third-order valence-electron chi connectivity index (χ3n) is 9.08. The van der Waals surface area contributed by atoms with E-state index in [0.717, 1.165) is 23.1 Å². The van der Waals surface area contributed by atoms with Crippen LogP contribution in [0.4, 0.5) is 0 Å². The van der Waals surface area contributed by atoms with Crippen LogP contribution in [0.3, 0.4) is 0 Å². The van der Waals surface area contributed by atoms with E-state index in [9.17, 15) is 0 Å². The fourth-order valence-corrected chi connectivity index (χ4v) is 7.82. The molecule has 0 saturated carbocycles. The first-order chi connectivity index (χ1) is 23.3. The van der Waals surface area contributed by atoms with Crippen molar-refractivity contribution >= 4 is 47.9 Å². The molecule has 2 aromatic heterocycles. The number of fused-ring (bicyclic) bond motifs is 5. The largest absolute Gasteiger partial charge is 0.208 e. The second-order valence-corrected chi connectivity index (χ2v) is 13.1. The number of thiophene rings is 1. The first-order valence-electron chi connectivity index (χ1n) is 16.0. The van der Waals surface area contributed by atoms with Crippen LogP contribution in [0.5, 0.6) is 0 Å². The topological polar surface area (TPSA) is 38.7 Å². The van der Waals surface area contributed by atoms with Crippen molar-refractivity contribution in [3.63, 3.8) is 0 Å². The van der Waals surface area contributed by atoms with E-state index in [4.69, 9.17) is 15.0 Å². The molecule has 8 aromatic rings. The first-order valence-corrected chi connectivity index (χ1v) is 16.8. The first kappa shape index (κ1) is 27.6. The smallest absolute Gasteiger partial charge is 0.164 e. The Kier molecular flexibility index (Phi) is 6.80. The van der Waals surface area contributed by atoms with Crippen molar-refractivity contribution in [2.24, 2.45) is 0 Å². The monoisotopic (exact) mass is 619 g/mol. The number of hydrogen-bond acceptors (Lipinski definition) is 4. The highest BCUT2D eigenvalue weighted by Gasteiger charge is 2.19. The van der Waals surface area contributed by atoms with Gasteiger partial charge in [-0.3, -0.25) is 0 Å². The quantitative estimate of drug-likeness (QED) is 0.192. The summed E-state index contributed by atoms with van der Waals surface area (Å²) in [6.07, 6.45) is 7.73. The van der Waals surface area contributed by atoms with Crippen molar-refractivity contribution in [1.29, 1.82) is 0 Å². The molecule has 222 valence electrons. The van der Waals surface area contributed by atoms with Gasteiger partial charge in [-0.25, -0.2) is 15.0 Å². The van der Waals surface area contributed by atoms with Crippen LogP contribution >= 0.6 is 11.3 Å². The maximum Gasteiger partial charge on any atom is 0.164 e. The van der Waals surface area contributed by atoms with E-state index in [0.29, 0.717) is 17.5 Å². The molecule has 1 aliphatic rings. The van der Waals surface area contributed by atoms with Crippen molar-refractivity contribution in [3.05, 3.63) is 169 Å². The molecule has 47 heavy (non-hydrogen) atoms. The van der Waals surface area contributed by atoms with Crippen LogP contribution in [0.1, 0.15) is 23.5 Å². The van der Waals surface area contributed by atoms with E-state index >= 15 is 0 Å². The summed E-state index contributed by atoms with van der Waals surface area (Å²) < 4.78 is 2.67. The Morgan fingerprint density at radius 3 is 1.94 bits per heavy atom. The molecule has 3 nitrogen and oxygen atoms in total. The summed E-state index contributed by atoms with van der Waals surface area (Å²) in [7, 11) is 0. The second kappa shape index (κ2) is 11.6. The SMILES string of the molecule is C1=CC(c2cccc(-c3nc(-c4ccccc4)nc(-c4ccccc4)n3)c2)CC(c2ccc3sc4ccc5ccccc5c4c3c2)=C1. The Labute approximate surface area is 277 Å². The molecule has 0 fully saturated rings. The van der Waals surface area contributed by atoms with Gasteiger partial charge in [-0.15, -0.1) is 11.3 Å². The summed E-state index contributed by atoms with van der Waals surface area (Å²) in [6, 6.07) is 49.2. The summed E-state index contributed by atoms with van der Waals surface area (Å²) in [4.78, 5) is 14.8. The van der Waals surface area contributed by atoms with Gasteiger partial charge in [-0.05, 0) is 58.2 Å². The Hall–Kier alpha value is -5.71. The molecular weight excluding hydrogens is 591 g/mol. The van der Waals surface area contributed by atoms with Crippen LogP contribution in [0.15, 0.2) is 158 Å². The second-order valence-electron chi connectivity index (χ2n) is 12.0. The molecule has 1 unspecified atom stereocenters. The van der Waals surface area contributed by atoms with Crippen molar-refractivity contribution in [2.75, 3.05) is 0 Å². The average molecular weight is 620 g/mol. The Bertz CT molecular complexity index is 2440. The van der Waals surface area contributed by atoms with E-state index in [1.807, 2.05) is 72.0 Å². The van der Waals surface area contributed by atoms with E-state index in [-0.39, 0.29) is 5.92 Å². The molecule has 0 amide bonds. The zero-order valence-corrected chi connectivity index (χ0v) is 26.4. The third kappa shape index (κ3) is 5.13. The number of hydrogen-bond donors (Lipinski definition) is 0. The minimum absolute atomic E-state index is 0.245. The Morgan fingerprint density at radius 1 is 0.511 bits per heavy atom. The van der Waals surface area contributed by atoms with Crippen LogP contribution in [-0.4, -0.2) is 15.0 Å². The standard InChI is InChI=1S/C43H29N3S/c1-3-12-29(13-4-1)41-44-42(30-14-5-2-6-15-30)46-43(45-41)35-19-10-18-33(26-35)31-16-9-17-32(25-31)34-22-23-38-37(27-34)40-36-20-8-7-11-28(36)21-24-39(40)47-38/h1-24,26-27,31H,25H2. The van der Waals surface area contributed by atoms with Crippen molar-refractivity contribution < 1.29 is 0 Å².